The zero-order valence-corrected chi connectivity index (χ0v) is 14.1. The van der Waals surface area contributed by atoms with E-state index in [0.717, 1.165) is 12.8 Å². The van der Waals surface area contributed by atoms with Crippen LogP contribution in [0, 0.1) is 6.92 Å². The Labute approximate surface area is 128 Å². The minimum Gasteiger partial charge on any atom is -0.320 e. The molecule has 0 saturated heterocycles. The fourth-order valence-electron chi connectivity index (χ4n) is 2.31. The number of benzene rings is 1. The molecule has 0 fully saturated rings. The van der Waals surface area contributed by atoms with E-state index >= 15 is 0 Å². The molecule has 0 amide bonds. The minimum absolute atomic E-state index is 0.0220. The van der Waals surface area contributed by atoms with Gasteiger partial charge < -0.3 is 5.73 Å². The second kappa shape index (κ2) is 6.21. The van der Waals surface area contributed by atoms with Crippen LogP contribution in [0.3, 0.4) is 0 Å². The summed E-state index contributed by atoms with van der Waals surface area (Å²) in [6.07, 6.45) is 2.15. The van der Waals surface area contributed by atoms with E-state index in [1.54, 1.807) is 11.3 Å². The van der Waals surface area contributed by atoms with Gasteiger partial charge in [-0.2, -0.15) is 0 Å². The number of hydrogen-bond acceptors (Lipinski definition) is 2. The third-order valence-electron chi connectivity index (χ3n) is 3.53. The van der Waals surface area contributed by atoms with Crippen molar-refractivity contribution in [2.24, 2.45) is 5.73 Å². The van der Waals surface area contributed by atoms with Crippen LogP contribution in [0.25, 0.3) is 0 Å². The molecule has 3 heteroatoms. The van der Waals surface area contributed by atoms with Gasteiger partial charge >= 0.3 is 0 Å². The zero-order chi connectivity index (χ0) is 14.0. The molecule has 19 heavy (non-hydrogen) atoms. The normalized spacial score (nSPS) is 12.7. The standard InChI is InChI=1S/C16H20BrNS/c1-4-11-6-7-13(9-12(11)5-2)15(18)14-8-10(3)16(17)19-14/h6-9,15H,4-5,18H2,1-3H3. The van der Waals surface area contributed by atoms with E-state index in [4.69, 9.17) is 5.73 Å². The molecule has 2 N–H and O–H groups in total. The fourth-order valence-corrected chi connectivity index (χ4v) is 3.92. The average Bonchev–Trinajstić information content (AvgIpc) is 2.77. The summed E-state index contributed by atoms with van der Waals surface area (Å²) < 4.78 is 1.18. The van der Waals surface area contributed by atoms with Gasteiger partial charge in [0.1, 0.15) is 0 Å². The van der Waals surface area contributed by atoms with Crippen molar-refractivity contribution < 1.29 is 0 Å². The maximum atomic E-state index is 6.40. The highest BCUT2D eigenvalue weighted by molar-refractivity contribution is 9.11. The average molecular weight is 338 g/mol. The fraction of sp³-hybridized carbons (Fsp3) is 0.375. The number of halogens is 1. The molecule has 102 valence electrons. The van der Waals surface area contributed by atoms with E-state index in [9.17, 15) is 0 Å². The molecule has 2 aromatic rings. The Morgan fingerprint density at radius 1 is 1.16 bits per heavy atom. The summed E-state index contributed by atoms with van der Waals surface area (Å²) in [5.74, 6) is 0. The lowest BCUT2D eigenvalue weighted by Crippen LogP contribution is -2.11. The molecule has 1 atom stereocenters. The van der Waals surface area contributed by atoms with Gasteiger partial charge in [0.15, 0.2) is 0 Å². The summed E-state index contributed by atoms with van der Waals surface area (Å²) in [5.41, 5.74) is 11.7. The molecule has 0 saturated carbocycles. The third kappa shape index (κ3) is 3.10. The van der Waals surface area contributed by atoms with E-state index in [1.165, 1.54) is 30.9 Å². The number of hydrogen-bond donors (Lipinski definition) is 1. The summed E-state index contributed by atoms with van der Waals surface area (Å²) in [7, 11) is 0. The molecule has 1 unspecified atom stereocenters. The van der Waals surface area contributed by atoms with E-state index in [-0.39, 0.29) is 6.04 Å². The highest BCUT2D eigenvalue weighted by Crippen LogP contribution is 2.33. The van der Waals surface area contributed by atoms with Crippen LogP contribution in [0.5, 0.6) is 0 Å². The smallest absolute Gasteiger partial charge is 0.0731 e. The Morgan fingerprint density at radius 3 is 2.37 bits per heavy atom. The van der Waals surface area contributed by atoms with E-state index in [1.807, 2.05) is 0 Å². The number of nitrogens with two attached hydrogens (primary N) is 1. The maximum absolute atomic E-state index is 6.40. The Hall–Kier alpha value is -0.640. The van der Waals surface area contributed by atoms with Crippen molar-refractivity contribution in [3.8, 4) is 0 Å². The minimum atomic E-state index is -0.0220. The van der Waals surface area contributed by atoms with Crippen LogP contribution in [-0.4, -0.2) is 0 Å². The quantitative estimate of drug-likeness (QED) is 0.835. The zero-order valence-electron chi connectivity index (χ0n) is 11.7. The summed E-state index contributed by atoms with van der Waals surface area (Å²) in [6.45, 7) is 6.51. The highest BCUT2D eigenvalue weighted by atomic mass is 79.9. The van der Waals surface area contributed by atoms with Crippen LogP contribution >= 0.6 is 27.3 Å². The molecule has 1 aromatic heterocycles. The molecule has 2 rings (SSSR count). The SMILES string of the molecule is CCc1ccc(C(N)c2cc(C)c(Br)s2)cc1CC. The molecule has 0 bridgehead atoms. The van der Waals surface area contributed by atoms with Gasteiger partial charge in [0.05, 0.1) is 9.83 Å². The van der Waals surface area contributed by atoms with Crippen LogP contribution in [0.1, 0.15) is 47.0 Å². The molecule has 0 aliphatic heterocycles. The second-order valence-electron chi connectivity index (χ2n) is 4.82. The summed E-state index contributed by atoms with van der Waals surface area (Å²) in [6, 6.07) is 8.83. The lowest BCUT2D eigenvalue weighted by Gasteiger charge is -2.14. The van der Waals surface area contributed by atoms with Gasteiger partial charge in [0.25, 0.3) is 0 Å². The number of thiophene rings is 1. The molecular weight excluding hydrogens is 318 g/mol. The first kappa shape index (κ1) is 14.8. The summed E-state index contributed by atoms with van der Waals surface area (Å²) in [5, 5.41) is 0. The van der Waals surface area contributed by atoms with Gasteiger partial charge in [-0.15, -0.1) is 11.3 Å². The largest absolute Gasteiger partial charge is 0.320 e. The van der Waals surface area contributed by atoms with Gasteiger partial charge in [-0.1, -0.05) is 32.0 Å². The first-order valence-electron chi connectivity index (χ1n) is 6.69. The topological polar surface area (TPSA) is 26.0 Å². The number of aryl methyl sites for hydroxylation is 3. The summed E-state index contributed by atoms with van der Waals surface area (Å²) >= 11 is 5.30. The summed E-state index contributed by atoms with van der Waals surface area (Å²) in [4.78, 5) is 1.22. The second-order valence-corrected chi connectivity index (χ2v) is 7.22. The molecule has 0 radical (unpaired) electrons. The Morgan fingerprint density at radius 2 is 1.84 bits per heavy atom. The molecule has 0 spiro atoms. The van der Waals surface area contributed by atoms with Crippen molar-refractivity contribution >= 4 is 27.3 Å². The predicted octanol–water partition coefficient (Wildman–Crippen LogP) is 4.99. The van der Waals surface area contributed by atoms with Crippen LogP contribution in [0.4, 0.5) is 0 Å². The number of rotatable bonds is 4. The third-order valence-corrected chi connectivity index (χ3v) is 5.75. The highest BCUT2D eigenvalue weighted by Gasteiger charge is 2.14. The molecule has 1 aromatic carbocycles. The van der Waals surface area contributed by atoms with Gasteiger partial charge in [0.2, 0.25) is 0 Å². The lowest BCUT2D eigenvalue weighted by molar-refractivity contribution is 0.882. The Kier molecular flexibility index (Phi) is 4.82. The van der Waals surface area contributed by atoms with Crippen LogP contribution in [-0.2, 0) is 12.8 Å². The molecular formula is C16H20BrNS. The predicted molar refractivity (Wildman–Crippen MR) is 88.0 cm³/mol. The van der Waals surface area contributed by atoms with E-state index in [2.05, 4.69) is 61.0 Å². The van der Waals surface area contributed by atoms with Gasteiger partial charge in [-0.25, -0.2) is 0 Å². The molecule has 0 aliphatic rings. The molecule has 1 nitrogen and oxygen atoms in total. The van der Waals surface area contributed by atoms with Gasteiger partial charge in [-0.3, -0.25) is 0 Å². The van der Waals surface area contributed by atoms with E-state index in [0.29, 0.717) is 0 Å². The maximum Gasteiger partial charge on any atom is 0.0731 e. The Bertz CT molecular complexity index is 555. The molecule has 1 heterocycles. The first-order valence-corrected chi connectivity index (χ1v) is 8.30. The van der Waals surface area contributed by atoms with E-state index < -0.39 is 0 Å². The van der Waals surface area contributed by atoms with Crippen molar-refractivity contribution in [2.45, 2.75) is 39.7 Å². The van der Waals surface area contributed by atoms with Crippen molar-refractivity contribution in [1.82, 2.24) is 0 Å². The van der Waals surface area contributed by atoms with Crippen LogP contribution in [0.15, 0.2) is 28.1 Å². The van der Waals surface area contributed by atoms with Crippen molar-refractivity contribution in [2.75, 3.05) is 0 Å². The Balaban J connectivity index is 2.35. The van der Waals surface area contributed by atoms with Gasteiger partial charge in [0, 0.05) is 4.88 Å². The molecule has 0 aliphatic carbocycles. The monoisotopic (exact) mass is 337 g/mol. The van der Waals surface area contributed by atoms with Crippen molar-refractivity contribution in [1.29, 1.82) is 0 Å². The lowest BCUT2D eigenvalue weighted by atomic mass is 9.96. The van der Waals surface area contributed by atoms with Crippen LogP contribution in [0.2, 0.25) is 0 Å². The van der Waals surface area contributed by atoms with Crippen molar-refractivity contribution in [3.63, 3.8) is 0 Å². The first-order chi connectivity index (χ1) is 9.06. The van der Waals surface area contributed by atoms with Crippen LogP contribution < -0.4 is 5.73 Å². The van der Waals surface area contributed by atoms with Gasteiger partial charge in [-0.05, 0) is 64.0 Å². The van der Waals surface area contributed by atoms with Crippen molar-refractivity contribution in [3.05, 3.63) is 55.2 Å².